The lowest BCUT2D eigenvalue weighted by Crippen LogP contribution is -2.55. The third-order valence-corrected chi connectivity index (χ3v) is 10.2. The summed E-state index contributed by atoms with van der Waals surface area (Å²) < 4.78 is 46.5. The van der Waals surface area contributed by atoms with Crippen LogP contribution >= 0.6 is 0 Å². The van der Waals surface area contributed by atoms with Gasteiger partial charge in [0.25, 0.3) is 0 Å². The Morgan fingerprint density at radius 1 is 0.884 bits per heavy atom. The summed E-state index contributed by atoms with van der Waals surface area (Å²) in [4.78, 5) is 30.4. The molecule has 2 aliphatic heterocycles. The summed E-state index contributed by atoms with van der Waals surface area (Å²) in [5.41, 5.74) is 1.38. The third-order valence-electron chi connectivity index (χ3n) is 10.2. The van der Waals surface area contributed by atoms with Crippen LogP contribution in [0.3, 0.4) is 0 Å². The first kappa shape index (κ1) is 30.0. The largest absolute Gasteiger partial charge is 0.416 e. The lowest BCUT2D eigenvalue weighted by molar-refractivity contribution is -0.152. The van der Waals surface area contributed by atoms with E-state index >= 15 is 0 Å². The number of aryl methyl sites for hydroxylation is 1. The Morgan fingerprint density at radius 3 is 2.28 bits per heavy atom. The number of hydrogen-bond acceptors (Lipinski definition) is 4. The van der Waals surface area contributed by atoms with Gasteiger partial charge in [0.2, 0.25) is 11.8 Å². The SMILES string of the molecule is Cc1ccc(NC(=O)C2C[C@H]3CCC[C@H]3N(C(=O)C3CCOCC3)[C@H]2c2ccc(NC3CCCC3)cc2)cc1C(F)(F)F. The highest BCUT2D eigenvalue weighted by atomic mass is 19.4. The molecule has 2 aliphatic carbocycles. The minimum Gasteiger partial charge on any atom is -0.382 e. The van der Waals surface area contributed by atoms with E-state index in [0.717, 1.165) is 49.4 Å². The van der Waals surface area contributed by atoms with Gasteiger partial charge in [0.1, 0.15) is 0 Å². The number of ether oxygens (including phenoxy) is 1. The first-order valence-corrected chi connectivity index (χ1v) is 15.9. The van der Waals surface area contributed by atoms with E-state index in [1.54, 1.807) is 0 Å². The molecule has 2 saturated heterocycles. The van der Waals surface area contributed by atoms with Gasteiger partial charge in [-0.3, -0.25) is 9.59 Å². The van der Waals surface area contributed by atoms with E-state index in [0.29, 0.717) is 38.5 Å². The molecule has 6 nitrogen and oxygen atoms in total. The second-order valence-corrected chi connectivity index (χ2v) is 12.9. The van der Waals surface area contributed by atoms with Gasteiger partial charge in [-0.2, -0.15) is 13.2 Å². The molecule has 2 heterocycles. The quantitative estimate of drug-likeness (QED) is 0.362. The minimum absolute atomic E-state index is 0.0527. The molecule has 2 saturated carbocycles. The Kier molecular flexibility index (Phi) is 8.72. The van der Waals surface area contributed by atoms with Crippen molar-refractivity contribution < 1.29 is 27.5 Å². The number of carbonyl (C=O) groups excluding carboxylic acids is 2. The molecule has 4 fully saturated rings. The van der Waals surface area contributed by atoms with Gasteiger partial charge in [-0.1, -0.05) is 37.5 Å². The number of rotatable bonds is 6. The highest BCUT2D eigenvalue weighted by molar-refractivity contribution is 5.94. The molecule has 0 radical (unpaired) electrons. The molecule has 4 aliphatic rings. The summed E-state index contributed by atoms with van der Waals surface area (Å²) in [5.74, 6) is -0.833. The number of halogens is 3. The predicted molar refractivity (Wildman–Crippen MR) is 159 cm³/mol. The van der Waals surface area contributed by atoms with Crippen LogP contribution in [0.4, 0.5) is 24.5 Å². The smallest absolute Gasteiger partial charge is 0.382 e. The zero-order valence-electron chi connectivity index (χ0n) is 24.8. The maximum Gasteiger partial charge on any atom is 0.416 e. The normalized spacial score (nSPS) is 26.7. The summed E-state index contributed by atoms with van der Waals surface area (Å²) in [6.07, 6.45) is 4.98. The number of nitrogens with zero attached hydrogens (tertiary/aromatic N) is 1. The molecular weight excluding hydrogens is 555 g/mol. The number of alkyl halides is 3. The number of likely N-dealkylation sites (tertiary alicyclic amines) is 1. The Hall–Kier alpha value is -3.07. The van der Waals surface area contributed by atoms with Gasteiger partial charge in [0.15, 0.2) is 0 Å². The molecule has 0 aromatic heterocycles. The van der Waals surface area contributed by atoms with Crippen molar-refractivity contribution in [1.82, 2.24) is 4.90 Å². The second-order valence-electron chi connectivity index (χ2n) is 12.9. The Bertz CT molecular complexity index is 1300. The number of amides is 2. The Morgan fingerprint density at radius 2 is 1.58 bits per heavy atom. The fraction of sp³-hybridized carbons (Fsp3) is 0.588. The van der Waals surface area contributed by atoms with Gasteiger partial charge in [-0.05, 0) is 93.2 Å². The van der Waals surface area contributed by atoms with Crippen molar-refractivity contribution in [3.63, 3.8) is 0 Å². The molecule has 232 valence electrons. The van der Waals surface area contributed by atoms with Crippen LogP contribution in [0.25, 0.3) is 0 Å². The van der Waals surface area contributed by atoms with E-state index in [2.05, 4.69) is 10.6 Å². The molecule has 6 rings (SSSR count). The number of piperidine rings is 1. The van der Waals surface area contributed by atoms with E-state index in [1.165, 1.54) is 31.9 Å². The highest BCUT2D eigenvalue weighted by Gasteiger charge is 2.50. The first-order chi connectivity index (χ1) is 20.7. The third kappa shape index (κ3) is 6.42. The van der Waals surface area contributed by atoms with E-state index in [4.69, 9.17) is 4.74 Å². The molecule has 2 N–H and O–H groups in total. The number of nitrogens with one attached hydrogen (secondary N) is 2. The van der Waals surface area contributed by atoms with Gasteiger partial charge < -0.3 is 20.3 Å². The van der Waals surface area contributed by atoms with Crippen molar-refractivity contribution in [1.29, 1.82) is 0 Å². The average Bonchev–Trinajstić information content (AvgIpc) is 3.69. The lowest BCUT2D eigenvalue weighted by Gasteiger charge is -2.49. The van der Waals surface area contributed by atoms with Crippen molar-refractivity contribution in [2.75, 3.05) is 23.8 Å². The summed E-state index contributed by atoms with van der Waals surface area (Å²) in [5, 5.41) is 6.44. The van der Waals surface area contributed by atoms with Crippen molar-refractivity contribution in [3.05, 3.63) is 59.2 Å². The molecule has 1 unspecified atom stereocenters. The van der Waals surface area contributed by atoms with Crippen LogP contribution in [0.2, 0.25) is 0 Å². The number of fused-ring (bicyclic) bond motifs is 1. The van der Waals surface area contributed by atoms with Gasteiger partial charge in [0.05, 0.1) is 17.5 Å². The molecule has 0 spiro atoms. The van der Waals surface area contributed by atoms with Crippen molar-refractivity contribution in [3.8, 4) is 0 Å². The predicted octanol–water partition coefficient (Wildman–Crippen LogP) is 7.49. The van der Waals surface area contributed by atoms with Crippen LogP contribution in [0.15, 0.2) is 42.5 Å². The summed E-state index contributed by atoms with van der Waals surface area (Å²) in [7, 11) is 0. The maximum absolute atomic E-state index is 14.3. The van der Waals surface area contributed by atoms with Gasteiger partial charge >= 0.3 is 6.18 Å². The zero-order chi connectivity index (χ0) is 30.1. The lowest BCUT2D eigenvalue weighted by atomic mass is 9.75. The van der Waals surface area contributed by atoms with E-state index < -0.39 is 23.7 Å². The maximum atomic E-state index is 14.3. The zero-order valence-corrected chi connectivity index (χ0v) is 24.8. The van der Waals surface area contributed by atoms with Crippen LogP contribution in [0.5, 0.6) is 0 Å². The van der Waals surface area contributed by atoms with Gasteiger partial charge in [0, 0.05) is 42.6 Å². The number of carbonyl (C=O) groups is 2. The summed E-state index contributed by atoms with van der Waals surface area (Å²) in [6, 6.07) is 12.1. The second kappa shape index (κ2) is 12.5. The molecule has 9 heteroatoms. The summed E-state index contributed by atoms with van der Waals surface area (Å²) in [6.45, 7) is 2.50. The number of anilines is 2. The number of hydrogen-bond donors (Lipinski definition) is 2. The van der Waals surface area contributed by atoms with Crippen LogP contribution in [-0.4, -0.2) is 42.0 Å². The standard InChI is InChI=1S/C34H42F3N3O3/c1-21-9-12-27(20-29(21)34(35,36)37)39-32(41)28-19-24-5-4-8-30(24)40(33(42)23-15-17-43-18-16-23)31(28)22-10-13-26(14-11-22)38-25-6-2-3-7-25/h9-14,20,23-25,28,30-31,38H,2-8,15-19H2,1H3,(H,39,41)/t24-,28?,30-,31+/m1/s1. The monoisotopic (exact) mass is 597 g/mol. The minimum atomic E-state index is -4.52. The van der Waals surface area contributed by atoms with Crippen LogP contribution in [-0.2, 0) is 20.5 Å². The topological polar surface area (TPSA) is 70.7 Å². The van der Waals surface area contributed by atoms with Crippen molar-refractivity contribution in [2.24, 2.45) is 17.8 Å². The summed E-state index contributed by atoms with van der Waals surface area (Å²) >= 11 is 0. The molecule has 2 aromatic rings. The highest BCUT2D eigenvalue weighted by Crippen LogP contribution is 2.49. The van der Waals surface area contributed by atoms with Gasteiger partial charge in [-0.15, -0.1) is 0 Å². The van der Waals surface area contributed by atoms with Crippen molar-refractivity contribution >= 4 is 23.2 Å². The van der Waals surface area contributed by atoms with E-state index in [-0.39, 0.29) is 40.9 Å². The molecule has 43 heavy (non-hydrogen) atoms. The molecule has 2 amide bonds. The van der Waals surface area contributed by atoms with Gasteiger partial charge in [-0.25, -0.2) is 0 Å². The first-order valence-electron chi connectivity index (χ1n) is 15.9. The average molecular weight is 598 g/mol. The van der Waals surface area contributed by atoms with Crippen molar-refractivity contribution in [2.45, 2.75) is 95.4 Å². The van der Waals surface area contributed by atoms with Crippen LogP contribution < -0.4 is 10.6 Å². The van der Waals surface area contributed by atoms with Crippen LogP contribution in [0.1, 0.15) is 86.9 Å². The van der Waals surface area contributed by atoms with E-state index in [1.807, 2.05) is 29.2 Å². The molecular formula is C34H42F3N3O3. The number of benzene rings is 2. The fourth-order valence-corrected chi connectivity index (χ4v) is 7.94. The molecule has 0 bridgehead atoms. The van der Waals surface area contributed by atoms with E-state index in [9.17, 15) is 22.8 Å². The Balaban J connectivity index is 1.34. The Labute approximate surface area is 251 Å². The molecule has 4 atom stereocenters. The fourth-order valence-electron chi connectivity index (χ4n) is 7.94. The van der Waals surface area contributed by atoms with Crippen LogP contribution in [0, 0.1) is 24.7 Å². The molecule has 2 aromatic carbocycles.